The van der Waals surface area contributed by atoms with Crippen molar-refractivity contribution >= 4 is 0 Å². The molecule has 0 heterocycles. The Labute approximate surface area is 152 Å². The van der Waals surface area contributed by atoms with Gasteiger partial charge in [-0.15, -0.1) is 0 Å². The van der Waals surface area contributed by atoms with E-state index in [-0.39, 0.29) is 0 Å². The van der Waals surface area contributed by atoms with Gasteiger partial charge in [-0.05, 0) is 53.4 Å². The van der Waals surface area contributed by atoms with E-state index in [2.05, 4.69) is 98.8 Å². The Morgan fingerprint density at radius 1 is 0.600 bits per heavy atom. The SMILES string of the molecule is CC(C)c1ccc(CC(CCc2ccccc2)c2ccccc2)cc1. The molecule has 0 bridgehead atoms. The topological polar surface area (TPSA) is 0 Å². The third-order valence-electron chi connectivity index (χ3n) is 5.02. The molecule has 0 aliphatic heterocycles. The van der Waals surface area contributed by atoms with Crippen LogP contribution in [0.4, 0.5) is 0 Å². The van der Waals surface area contributed by atoms with Gasteiger partial charge in [0.2, 0.25) is 0 Å². The van der Waals surface area contributed by atoms with Crippen LogP contribution in [0.15, 0.2) is 84.9 Å². The smallest absolute Gasteiger partial charge is 0.0118 e. The first kappa shape index (κ1) is 17.5. The zero-order valence-corrected chi connectivity index (χ0v) is 15.4. The summed E-state index contributed by atoms with van der Waals surface area (Å²) >= 11 is 0. The second kappa shape index (κ2) is 8.67. The molecule has 0 fully saturated rings. The van der Waals surface area contributed by atoms with Gasteiger partial charge in [0.15, 0.2) is 0 Å². The third kappa shape index (κ3) is 5.06. The molecule has 128 valence electrons. The van der Waals surface area contributed by atoms with E-state index in [1.54, 1.807) is 0 Å². The van der Waals surface area contributed by atoms with Gasteiger partial charge in [-0.1, -0.05) is 98.8 Å². The molecule has 0 aliphatic carbocycles. The molecule has 25 heavy (non-hydrogen) atoms. The lowest BCUT2D eigenvalue weighted by Gasteiger charge is -2.18. The molecular formula is C25H28. The lowest BCUT2D eigenvalue weighted by atomic mass is 9.86. The standard InChI is InChI=1S/C25H28/c1-20(2)23-16-14-22(15-17-23)19-25(24-11-7-4-8-12-24)18-13-21-9-5-3-6-10-21/h3-12,14-17,20,25H,13,18-19H2,1-2H3. The molecule has 0 aliphatic rings. The summed E-state index contributed by atoms with van der Waals surface area (Å²) in [4.78, 5) is 0. The average Bonchev–Trinajstić information content (AvgIpc) is 2.67. The van der Waals surface area contributed by atoms with Gasteiger partial charge in [0.1, 0.15) is 0 Å². The first-order chi connectivity index (χ1) is 12.2. The Hall–Kier alpha value is -2.34. The van der Waals surface area contributed by atoms with E-state index in [9.17, 15) is 0 Å². The molecule has 0 heteroatoms. The molecule has 0 amide bonds. The van der Waals surface area contributed by atoms with Crippen molar-refractivity contribution in [1.29, 1.82) is 0 Å². The van der Waals surface area contributed by atoms with Gasteiger partial charge < -0.3 is 0 Å². The normalized spacial score (nSPS) is 12.3. The van der Waals surface area contributed by atoms with E-state index >= 15 is 0 Å². The first-order valence-electron chi connectivity index (χ1n) is 9.40. The molecule has 0 radical (unpaired) electrons. The highest BCUT2D eigenvalue weighted by molar-refractivity contribution is 5.28. The van der Waals surface area contributed by atoms with Crippen molar-refractivity contribution in [3.8, 4) is 0 Å². The fraction of sp³-hybridized carbons (Fsp3) is 0.280. The molecule has 1 atom stereocenters. The van der Waals surface area contributed by atoms with Gasteiger partial charge in [-0.25, -0.2) is 0 Å². The third-order valence-corrected chi connectivity index (χ3v) is 5.02. The molecule has 3 aromatic rings. The van der Waals surface area contributed by atoms with Crippen molar-refractivity contribution in [2.24, 2.45) is 0 Å². The lowest BCUT2D eigenvalue weighted by Crippen LogP contribution is -2.05. The van der Waals surface area contributed by atoms with Crippen molar-refractivity contribution in [3.63, 3.8) is 0 Å². The van der Waals surface area contributed by atoms with Crippen molar-refractivity contribution < 1.29 is 0 Å². The van der Waals surface area contributed by atoms with Crippen LogP contribution in [0.2, 0.25) is 0 Å². The molecule has 0 N–H and O–H groups in total. The highest BCUT2D eigenvalue weighted by Crippen LogP contribution is 2.27. The maximum atomic E-state index is 2.31. The van der Waals surface area contributed by atoms with Crippen LogP contribution in [0.3, 0.4) is 0 Å². The van der Waals surface area contributed by atoms with Crippen molar-refractivity contribution in [3.05, 3.63) is 107 Å². The van der Waals surface area contributed by atoms with E-state index in [4.69, 9.17) is 0 Å². The summed E-state index contributed by atoms with van der Waals surface area (Å²) in [7, 11) is 0. The van der Waals surface area contributed by atoms with Crippen LogP contribution < -0.4 is 0 Å². The van der Waals surface area contributed by atoms with Gasteiger partial charge >= 0.3 is 0 Å². The minimum atomic E-state index is 0.561. The van der Waals surface area contributed by atoms with Gasteiger partial charge in [-0.3, -0.25) is 0 Å². The lowest BCUT2D eigenvalue weighted by molar-refractivity contribution is 0.621. The monoisotopic (exact) mass is 328 g/mol. The second-order valence-electron chi connectivity index (χ2n) is 7.23. The summed E-state index contributed by atoms with van der Waals surface area (Å²) in [6, 6.07) is 31.0. The second-order valence-corrected chi connectivity index (χ2v) is 7.23. The summed E-state index contributed by atoms with van der Waals surface area (Å²) in [6.07, 6.45) is 3.42. The quantitative estimate of drug-likeness (QED) is 0.449. The van der Waals surface area contributed by atoms with Crippen LogP contribution >= 0.6 is 0 Å². The van der Waals surface area contributed by atoms with Crippen LogP contribution in [0.25, 0.3) is 0 Å². The Morgan fingerprint density at radius 2 is 1.20 bits per heavy atom. The van der Waals surface area contributed by atoms with Crippen molar-refractivity contribution in [1.82, 2.24) is 0 Å². The van der Waals surface area contributed by atoms with E-state index in [1.807, 2.05) is 0 Å². The number of hydrogen-bond donors (Lipinski definition) is 0. The molecule has 3 rings (SSSR count). The number of aryl methyl sites for hydroxylation is 1. The van der Waals surface area contributed by atoms with Crippen molar-refractivity contribution in [2.75, 3.05) is 0 Å². The predicted molar refractivity (Wildman–Crippen MR) is 108 cm³/mol. The van der Waals surface area contributed by atoms with Crippen molar-refractivity contribution in [2.45, 2.75) is 44.9 Å². The van der Waals surface area contributed by atoms with E-state index in [1.165, 1.54) is 28.7 Å². The van der Waals surface area contributed by atoms with Crippen LogP contribution in [0.5, 0.6) is 0 Å². The number of rotatable bonds is 7. The van der Waals surface area contributed by atoms with Gasteiger partial charge in [0, 0.05) is 0 Å². The molecule has 3 aromatic carbocycles. The van der Waals surface area contributed by atoms with E-state index in [0.29, 0.717) is 11.8 Å². The van der Waals surface area contributed by atoms with Gasteiger partial charge in [0.25, 0.3) is 0 Å². The first-order valence-corrected chi connectivity index (χ1v) is 9.40. The predicted octanol–water partition coefficient (Wildman–Crippen LogP) is 6.77. The minimum absolute atomic E-state index is 0.561. The molecule has 0 spiro atoms. The van der Waals surface area contributed by atoms with E-state index < -0.39 is 0 Å². The molecule has 0 saturated heterocycles. The number of benzene rings is 3. The summed E-state index contributed by atoms with van der Waals surface area (Å²) in [5.74, 6) is 1.16. The van der Waals surface area contributed by atoms with Crippen LogP contribution in [-0.4, -0.2) is 0 Å². The zero-order valence-electron chi connectivity index (χ0n) is 15.4. The summed E-state index contributed by atoms with van der Waals surface area (Å²) in [6.45, 7) is 4.50. The largest absolute Gasteiger partial charge is 0.0622 e. The number of hydrogen-bond acceptors (Lipinski definition) is 0. The fourth-order valence-electron chi connectivity index (χ4n) is 3.42. The molecular weight excluding hydrogens is 300 g/mol. The van der Waals surface area contributed by atoms with Gasteiger partial charge in [0.05, 0.1) is 0 Å². The maximum absolute atomic E-state index is 2.31. The van der Waals surface area contributed by atoms with E-state index in [0.717, 1.165) is 12.8 Å². The Balaban J connectivity index is 1.74. The Bertz CT molecular complexity index is 739. The fourth-order valence-corrected chi connectivity index (χ4v) is 3.42. The highest BCUT2D eigenvalue weighted by atomic mass is 14.2. The van der Waals surface area contributed by atoms with Gasteiger partial charge in [-0.2, -0.15) is 0 Å². The Kier molecular flexibility index (Phi) is 6.06. The molecule has 0 aromatic heterocycles. The summed E-state index contributed by atoms with van der Waals surface area (Å²) < 4.78 is 0. The summed E-state index contributed by atoms with van der Waals surface area (Å²) in [5.41, 5.74) is 5.74. The van der Waals surface area contributed by atoms with Crippen LogP contribution in [0.1, 0.15) is 54.4 Å². The molecule has 0 nitrogen and oxygen atoms in total. The summed E-state index contributed by atoms with van der Waals surface area (Å²) in [5, 5.41) is 0. The maximum Gasteiger partial charge on any atom is -0.0118 e. The molecule has 1 unspecified atom stereocenters. The molecule has 0 saturated carbocycles. The highest BCUT2D eigenvalue weighted by Gasteiger charge is 2.13. The van der Waals surface area contributed by atoms with Crippen LogP contribution in [0, 0.1) is 0 Å². The minimum Gasteiger partial charge on any atom is -0.0622 e. The Morgan fingerprint density at radius 3 is 1.80 bits per heavy atom. The zero-order chi connectivity index (χ0) is 17.5. The van der Waals surface area contributed by atoms with Crippen LogP contribution in [-0.2, 0) is 12.8 Å². The average molecular weight is 328 g/mol.